The largest absolute Gasteiger partial charge is 0.495 e. The number of hydrogen-bond donors (Lipinski definition) is 3. The number of sulfonamides is 1. The first-order chi connectivity index (χ1) is 13.3. The zero-order valence-corrected chi connectivity index (χ0v) is 16.4. The van der Waals surface area contributed by atoms with Crippen LogP contribution in [0.5, 0.6) is 11.5 Å². The van der Waals surface area contributed by atoms with E-state index in [0.29, 0.717) is 18.0 Å². The molecule has 2 aromatic rings. The number of ether oxygens (including phenoxy) is 2. The molecule has 0 aliphatic carbocycles. The lowest BCUT2D eigenvalue weighted by Crippen LogP contribution is -2.41. The van der Waals surface area contributed by atoms with Crippen LogP contribution in [0, 0.1) is 0 Å². The summed E-state index contributed by atoms with van der Waals surface area (Å²) in [4.78, 5) is 25.2. The van der Waals surface area contributed by atoms with Crippen molar-refractivity contribution in [3.63, 3.8) is 0 Å². The number of carbonyl (C=O) groups is 2. The first kappa shape index (κ1) is 21.2. The maximum Gasteiger partial charge on any atom is 0.266 e. The quantitative estimate of drug-likeness (QED) is 0.572. The lowest BCUT2D eigenvalue weighted by atomic mass is 10.2. The molecule has 150 valence electrons. The van der Waals surface area contributed by atoms with Crippen molar-refractivity contribution in [2.45, 2.75) is 18.7 Å². The van der Waals surface area contributed by atoms with Crippen molar-refractivity contribution in [1.29, 1.82) is 0 Å². The van der Waals surface area contributed by atoms with Gasteiger partial charge in [-0.2, -0.15) is 0 Å². The monoisotopic (exact) mass is 407 g/mol. The predicted molar refractivity (Wildman–Crippen MR) is 103 cm³/mol. The standard InChI is InChI=1S/C18H21N3O6S/c1-4-27-14-7-5-13(6-8-14)18(23)20-21-28(24,25)15-9-10-16(19-12(2)22)17(11-15)26-3/h5-11,21H,4H2,1-3H3,(H,19,22)(H,20,23). The molecular weight excluding hydrogens is 386 g/mol. The molecule has 3 N–H and O–H groups in total. The number of carbonyl (C=O) groups excluding carboxylic acids is 2. The third kappa shape index (κ3) is 5.44. The number of hydrazine groups is 1. The Morgan fingerprint density at radius 1 is 1.07 bits per heavy atom. The van der Waals surface area contributed by atoms with Crippen LogP contribution >= 0.6 is 0 Å². The molecule has 0 radical (unpaired) electrons. The second kappa shape index (κ2) is 9.20. The molecule has 9 nitrogen and oxygen atoms in total. The van der Waals surface area contributed by atoms with Crippen LogP contribution in [0.2, 0.25) is 0 Å². The SMILES string of the molecule is CCOc1ccc(C(=O)NNS(=O)(=O)c2ccc(NC(C)=O)c(OC)c2)cc1. The van der Waals surface area contributed by atoms with Gasteiger partial charge in [-0.15, -0.1) is 4.83 Å². The minimum absolute atomic E-state index is 0.148. The minimum Gasteiger partial charge on any atom is -0.495 e. The molecule has 0 aromatic heterocycles. The van der Waals surface area contributed by atoms with Gasteiger partial charge in [-0.25, -0.2) is 8.42 Å². The Morgan fingerprint density at radius 2 is 1.75 bits per heavy atom. The Kier molecular flexibility index (Phi) is 6.96. The summed E-state index contributed by atoms with van der Waals surface area (Å²) < 4.78 is 35.2. The fourth-order valence-electron chi connectivity index (χ4n) is 2.25. The fraction of sp³-hybridized carbons (Fsp3) is 0.222. The molecule has 0 aliphatic rings. The average molecular weight is 407 g/mol. The third-order valence-electron chi connectivity index (χ3n) is 3.52. The van der Waals surface area contributed by atoms with Crippen molar-refractivity contribution in [2.24, 2.45) is 0 Å². The van der Waals surface area contributed by atoms with Gasteiger partial charge in [0.1, 0.15) is 11.5 Å². The van der Waals surface area contributed by atoms with Crippen molar-refractivity contribution in [2.75, 3.05) is 19.0 Å². The number of anilines is 1. The maximum atomic E-state index is 12.4. The molecule has 2 amide bonds. The van der Waals surface area contributed by atoms with Crippen LogP contribution < -0.4 is 25.0 Å². The van der Waals surface area contributed by atoms with Crippen LogP contribution in [0.4, 0.5) is 5.69 Å². The summed E-state index contributed by atoms with van der Waals surface area (Å²) in [6.07, 6.45) is 0. The maximum absolute atomic E-state index is 12.4. The molecule has 0 bridgehead atoms. The van der Waals surface area contributed by atoms with E-state index < -0.39 is 15.9 Å². The summed E-state index contributed by atoms with van der Waals surface area (Å²) in [5, 5.41) is 2.53. The van der Waals surface area contributed by atoms with Gasteiger partial charge in [0.2, 0.25) is 5.91 Å². The van der Waals surface area contributed by atoms with E-state index in [4.69, 9.17) is 9.47 Å². The topological polar surface area (TPSA) is 123 Å². The van der Waals surface area contributed by atoms with Crippen molar-refractivity contribution in [3.05, 3.63) is 48.0 Å². The number of benzene rings is 2. The van der Waals surface area contributed by atoms with E-state index >= 15 is 0 Å². The summed E-state index contributed by atoms with van der Waals surface area (Å²) in [7, 11) is -2.71. The molecule has 0 saturated carbocycles. The van der Waals surface area contributed by atoms with Crippen LogP contribution in [0.15, 0.2) is 47.4 Å². The van der Waals surface area contributed by atoms with Crippen molar-refractivity contribution < 1.29 is 27.5 Å². The van der Waals surface area contributed by atoms with Gasteiger partial charge in [0.05, 0.1) is 24.3 Å². The normalized spacial score (nSPS) is 10.8. The zero-order valence-electron chi connectivity index (χ0n) is 15.6. The molecule has 0 aliphatic heterocycles. The van der Waals surface area contributed by atoms with E-state index in [0.717, 1.165) is 0 Å². The molecule has 0 fully saturated rings. The lowest BCUT2D eigenvalue weighted by molar-refractivity contribution is -0.114. The Labute approximate surface area is 163 Å². The van der Waals surface area contributed by atoms with Crippen LogP contribution in [-0.2, 0) is 14.8 Å². The Hall–Kier alpha value is -3.11. The molecule has 10 heteroatoms. The molecule has 28 heavy (non-hydrogen) atoms. The first-order valence-electron chi connectivity index (χ1n) is 8.27. The van der Waals surface area contributed by atoms with Crippen LogP contribution in [-0.4, -0.2) is 33.9 Å². The van der Waals surface area contributed by atoms with Gasteiger partial charge in [-0.1, -0.05) is 0 Å². The lowest BCUT2D eigenvalue weighted by Gasteiger charge is -2.12. The highest BCUT2D eigenvalue weighted by molar-refractivity contribution is 7.89. The van der Waals surface area contributed by atoms with E-state index in [1.54, 1.807) is 12.1 Å². The van der Waals surface area contributed by atoms with Gasteiger partial charge < -0.3 is 14.8 Å². The van der Waals surface area contributed by atoms with E-state index in [2.05, 4.69) is 10.7 Å². The third-order valence-corrected chi connectivity index (χ3v) is 4.77. The minimum atomic E-state index is -4.06. The van der Waals surface area contributed by atoms with E-state index in [1.807, 2.05) is 11.8 Å². The van der Waals surface area contributed by atoms with Crippen molar-refractivity contribution in [3.8, 4) is 11.5 Å². The highest BCUT2D eigenvalue weighted by Gasteiger charge is 2.18. The van der Waals surface area contributed by atoms with Gasteiger partial charge in [-0.3, -0.25) is 15.0 Å². The van der Waals surface area contributed by atoms with Crippen molar-refractivity contribution >= 4 is 27.5 Å². The van der Waals surface area contributed by atoms with Gasteiger partial charge in [0.25, 0.3) is 15.9 Å². The number of amides is 2. The first-order valence-corrected chi connectivity index (χ1v) is 9.75. The zero-order chi connectivity index (χ0) is 20.7. The fourth-order valence-corrected chi connectivity index (χ4v) is 3.10. The van der Waals surface area contributed by atoms with E-state index in [1.165, 1.54) is 44.4 Å². The van der Waals surface area contributed by atoms with Crippen LogP contribution in [0.25, 0.3) is 0 Å². The number of nitrogens with one attached hydrogen (secondary N) is 3. The molecular formula is C18H21N3O6S. The molecule has 0 saturated heterocycles. The Morgan fingerprint density at radius 3 is 2.32 bits per heavy atom. The summed E-state index contributed by atoms with van der Waals surface area (Å²) in [6, 6.07) is 10.1. The summed E-state index contributed by atoms with van der Waals surface area (Å²) in [6.45, 7) is 3.66. The molecule has 2 aromatic carbocycles. The second-order valence-electron chi connectivity index (χ2n) is 5.56. The number of methoxy groups -OCH3 is 1. The number of hydrogen-bond acceptors (Lipinski definition) is 6. The van der Waals surface area contributed by atoms with E-state index in [-0.39, 0.29) is 22.1 Å². The molecule has 0 spiro atoms. The summed E-state index contributed by atoms with van der Waals surface area (Å²) in [5.41, 5.74) is 2.73. The van der Waals surface area contributed by atoms with Gasteiger partial charge in [0, 0.05) is 18.6 Å². The predicted octanol–water partition coefficient (Wildman–Crippen LogP) is 1.68. The Balaban J connectivity index is 2.10. The van der Waals surface area contributed by atoms with Crippen LogP contribution in [0.3, 0.4) is 0 Å². The van der Waals surface area contributed by atoms with Gasteiger partial charge in [-0.05, 0) is 43.3 Å². The summed E-state index contributed by atoms with van der Waals surface area (Å²) in [5.74, 6) is -0.190. The smallest absolute Gasteiger partial charge is 0.266 e. The van der Waals surface area contributed by atoms with Crippen molar-refractivity contribution in [1.82, 2.24) is 10.3 Å². The van der Waals surface area contributed by atoms with Gasteiger partial charge >= 0.3 is 0 Å². The Bertz CT molecular complexity index is 958. The highest BCUT2D eigenvalue weighted by Crippen LogP contribution is 2.27. The molecule has 0 heterocycles. The number of rotatable bonds is 8. The molecule has 0 atom stereocenters. The molecule has 0 unspecified atom stereocenters. The highest BCUT2D eigenvalue weighted by atomic mass is 32.2. The van der Waals surface area contributed by atoms with Gasteiger partial charge in [0.15, 0.2) is 0 Å². The second-order valence-corrected chi connectivity index (χ2v) is 7.24. The molecule has 2 rings (SSSR count). The van der Waals surface area contributed by atoms with E-state index in [9.17, 15) is 18.0 Å². The average Bonchev–Trinajstić information content (AvgIpc) is 2.66. The summed E-state index contributed by atoms with van der Waals surface area (Å²) >= 11 is 0. The van der Waals surface area contributed by atoms with Crippen LogP contribution in [0.1, 0.15) is 24.2 Å².